The summed E-state index contributed by atoms with van der Waals surface area (Å²) in [4.78, 5) is 19.6. The van der Waals surface area contributed by atoms with Crippen LogP contribution < -0.4 is 9.79 Å². The maximum Gasteiger partial charge on any atom is 0.102 e. The molecular formula is C20H24O6PS-3. The van der Waals surface area contributed by atoms with Crippen LogP contribution in [0.4, 0.5) is 0 Å². The van der Waals surface area contributed by atoms with Gasteiger partial charge in [0.15, 0.2) is 0 Å². The molecule has 0 saturated heterocycles. The van der Waals surface area contributed by atoms with Gasteiger partial charge in [0.05, 0.1) is 4.99 Å². The van der Waals surface area contributed by atoms with Crippen LogP contribution in [0.1, 0.15) is 43.7 Å². The molecule has 2 aromatic carbocycles. The van der Waals surface area contributed by atoms with Gasteiger partial charge < -0.3 is 18.9 Å². The zero-order chi connectivity index (χ0) is 20.8. The fourth-order valence-electron chi connectivity index (χ4n) is 3.05. The molecule has 0 amide bonds. The van der Waals surface area contributed by atoms with Crippen molar-refractivity contribution < 1.29 is 27.3 Å². The third-order valence-electron chi connectivity index (χ3n) is 4.66. The van der Waals surface area contributed by atoms with E-state index in [9.17, 15) is 27.3 Å². The molecule has 0 bridgehead atoms. The van der Waals surface area contributed by atoms with E-state index in [4.69, 9.17) is 0 Å². The molecule has 0 spiro atoms. The van der Waals surface area contributed by atoms with Crippen LogP contribution >= 0.6 is 7.60 Å². The Morgan fingerprint density at radius 2 is 1.29 bits per heavy atom. The Labute approximate surface area is 166 Å². The normalized spacial score (nSPS) is 13.4. The van der Waals surface area contributed by atoms with E-state index in [1.165, 1.54) is 5.56 Å². The molecule has 0 aliphatic heterocycles. The third kappa shape index (κ3) is 6.83. The van der Waals surface area contributed by atoms with Crippen molar-refractivity contribution in [3.05, 3.63) is 59.7 Å². The van der Waals surface area contributed by atoms with Gasteiger partial charge in [-0.1, -0.05) is 69.5 Å². The molecule has 0 aliphatic carbocycles. The molecule has 1 atom stereocenters. The Balaban J connectivity index is 1.96. The quantitative estimate of drug-likeness (QED) is 0.428. The summed E-state index contributed by atoms with van der Waals surface area (Å²) in [6, 6.07) is 16.0. The maximum atomic E-state index is 11.0. The molecular weight excluding hydrogens is 399 g/mol. The van der Waals surface area contributed by atoms with E-state index in [0.29, 0.717) is 6.42 Å². The lowest BCUT2D eigenvalue weighted by atomic mass is 9.99. The van der Waals surface area contributed by atoms with Gasteiger partial charge in [-0.3, -0.25) is 0 Å². The zero-order valence-electron chi connectivity index (χ0n) is 15.7. The Bertz CT molecular complexity index is 901. The van der Waals surface area contributed by atoms with Crippen LogP contribution in [0.25, 0.3) is 11.1 Å². The van der Waals surface area contributed by atoms with Crippen molar-refractivity contribution in [3.63, 3.8) is 0 Å². The number of unbranched alkanes of at least 4 members (excludes halogenated alkanes) is 1. The summed E-state index contributed by atoms with van der Waals surface area (Å²) in [7, 11) is -10.6. The number of aryl methyl sites for hydroxylation is 2. The first kappa shape index (κ1) is 22.8. The van der Waals surface area contributed by atoms with Crippen molar-refractivity contribution in [3.8, 4) is 11.1 Å². The van der Waals surface area contributed by atoms with Crippen LogP contribution in [0.15, 0.2) is 48.5 Å². The standard InChI is InChI=1S/C20H27O6PS/c1-2-3-5-16-8-12-18(13-9-16)19-14-10-17(11-15-19)6-4-7-20(27(21,22)23)28(24,25)26/h8-15,20H,2-7H2,1H3,(H2,21,22,23)(H,24,25,26)/p-3/t20-/m1/s1. The second-order valence-electron chi connectivity index (χ2n) is 6.88. The van der Waals surface area contributed by atoms with Gasteiger partial charge in [0.25, 0.3) is 0 Å². The molecule has 8 heteroatoms. The summed E-state index contributed by atoms with van der Waals surface area (Å²) in [6.07, 6.45) is 3.39. The van der Waals surface area contributed by atoms with Gasteiger partial charge in [0.2, 0.25) is 0 Å². The van der Waals surface area contributed by atoms with Crippen molar-refractivity contribution in [2.24, 2.45) is 0 Å². The van der Waals surface area contributed by atoms with Crippen molar-refractivity contribution in [2.45, 2.75) is 50.4 Å². The summed E-state index contributed by atoms with van der Waals surface area (Å²) in [5.41, 5.74) is 4.30. The number of benzene rings is 2. The second kappa shape index (κ2) is 9.81. The lowest BCUT2D eigenvalue weighted by Crippen LogP contribution is -2.32. The molecule has 0 aliphatic rings. The predicted octanol–water partition coefficient (Wildman–Crippen LogP) is 2.80. The number of hydrogen-bond donors (Lipinski definition) is 0. The SMILES string of the molecule is CCCCc1ccc(-c2ccc(CCC[C@H](P(=O)([O-])[O-])S(=O)(=O)[O-])cc2)cc1. The highest BCUT2D eigenvalue weighted by molar-refractivity contribution is 7.93. The first-order valence-electron chi connectivity index (χ1n) is 9.26. The van der Waals surface area contributed by atoms with E-state index >= 15 is 0 Å². The number of hydrogen-bond acceptors (Lipinski definition) is 6. The zero-order valence-corrected chi connectivity index (χ0v) is 17.5. The van der Waals surface area contributed by atoms with Gasteiger partial charge in [-0.2, -0.15) is 0 Å². The molecule has 0 fully saturated rings. The topological polar surface area (TPSA) is 120 Å². The van der Waals surface area contributed by atoms with Crippen LogP contribution in [0, 0.1) is 0 Å². The minimum atomic E-state index is -5.48. The van der Waals surface area contributed by atoms with Crippen LogP contribution in [0.3, 0.4) is 0 Å². The van der Waals surface area contributed by atoms with Gasteiger partial charge in [-0.25, -0.2) is 8.42 Å². The average molecular weight is 423 g/mol. The van der Waals surface area contributed by atoms with Crippen molar-refractivity contribution in [1.29, 1.82) is 0 Å². The predicted molar refractivity (Wildman–Crippen MR) is 105 cm³/mol. The summed E-state index contributed by atoms with van der Waals surface area (Å²) in [6.45, 7) is 2.16. The molecule has 0 radical (unpaired) electrons. The van der Waals surface area contributed by atoms with Crippen LogP contribution in [-0.4, -0.2) is 18.0 Å². The summed E-state index contributed by atoms with van der Waals surface area (Å²) < 4.78 is 43.9. The van der Waals surface area contributed by atoms with Gasteiger partial charge >= 0.3 is 0 Å². The molecule has 2 aromatic rings. The lowest BCUT2D eigenvalue weighted by Gasteiger charge is -2.39. The van der Waals surface area contributed by atoms with Gasteiger partial charge in [-0.05, 0) is 54.4 Å². The Kier molecular flexibility index (Phi) is 7.98. The average Bonchev–Trinajstić information content (AvgIpc) is 2.62. The molecule has 0 N–H and O–H groups in total. The van der Waals surface area contributed by atoms with Crippen molar-refractivity contribution in [2.75, 3.05) is 0 Å². The van der Waals surface area contributed by atoms with Crippen LogP contribution in [0.2, 0.25) is 0 Å². The molecule has 0 heterocycles. The Morgan fingerprint density at radius 3 is 1.64 bits per heavy atom. The van der Waals surface area contributed by atoms with Gasteiger partial charge in [-0.15, -0.1) is 0 Å². The maximum absolute atomic E-state index is 11.0. The Hall–Kier alpha value is -1.50. The molecule has 6 nitrogen and oxygen atoms in total. The van der Waals surface area contributed by atoms with Crippen molar-refractivity contribution >= 4 is 17.7 Å². The highest BCUT2D eigenvalue weighted by atomic mass is 32.2. The number of rotatable bonds is 10. The summed E-state index contributed by atoms with van der Waals surface area (Å²) in [5, 5.41) is 0. The van der Waals surface area contributed by atoms with E-state index in [1.54, 1.807) is 0 Å². The molecule has 0 unspecified atom stereocenters. The van der Waals surface area contributed by atoms with Crippen LogP contribution in [0.5, 0.6) is 0 Å². The minimum absolute atomic E-state index is 0.117. The first-order valence-corrected chi connectivity index (χ1v) is 12.3. The minimum Gasteiger partial charge on any atom is -0.810 e. The van der Waals surface area contributed by atoms with Crippen molar-refractivity contribution in [1.82, 2.24) is 0 Å². The van der Waals surface area contributed by atoms with Gasteiger partial charge in [0, 0.05) is 0 Å². The third-order valence-corrected chi connectivity index (χ3v) is 8.08. The van der Waals surface area contributed by atoms with E-state index in [2.05, 4.69) is 31.2 Å². The molecule has 28 heavy (non-hydrogen) atoms. The highest BCUT2D eigenvalue weighted by Gasteiger charge is 2.19. The van der Waals surface area contributed by atoms with Gasteiger partial charge in [0.1, 0.15) is 10.1 Å². The summed E-state index contributed by atoms with van der Waals surface area (Å²) >= 11 is 0. The molecule has 2 rings (SSSR count). The van der Waals surface area contributed by atoms with E-state index in [-0.39, 0.29) is 6.42 Å². The lowest BCUT2D eigenvalue weighted by molar-refractivity contribution is -0.314. The second-order valence-corrected chi connectivity index (χ2v) is 10.5. The Morgan fingerprint density at radius 1 is 0.857 bits per heavy atom. The van der Waals surface area contributed by atoms with E-state index in [1.807, 2.05) is 24.3 Å². The van der Waals surface area contributed by atoms with E-state index in [0.717, 1.165) is 36.0 Å². The molecule has 154 valence electrons. The smallest absolute Gasteiger partial charge is 0.102 e. The first-order chi connectivity index (χ1) is 13.1. The van der Waals surface area contributed by atoms with E-state index < -0.39 is 29.1 Å². The fraction of sp³-hybridized carbons (Fsp3) is 0.400. The highest BCUT2D eigenvalue weighted by Crippen LogP contribution is 2.38. The molecule has 0 aromatic heterocycles. The van der Waals surface area contributed by atoms with Crippen LogP contribution in [-0.2, 0) is 27.5 Å². The summed E-state index contributed by atoms with van der Waals surface area (Å²) in [5.74, 6) is 0. The molecule has 0 saturated carbocycles. The monoisotopic (exact) mass is 423 g/mol. The largest absolute Gasteiger partial charge is 0.810 e. The fourth-order valence-corrected chi connectivity index (χ4v) is 5.27.